The predicted octanol–water partition coefficient (Wildman–Crippen LogP) is 4.54. The number of rotatable bonds is 5. The Labute approximate surface area is 191 Å². The van der Waals surface area contributed by atoms with Crippen molar-refractivity contribution in [2.45, 2.75) is 50.0 Å². The number of para-hydroxylation sites is 1. The zero-order valence-electron chi connectivity index (χ0n) is 18.1. The van der Waals surface area contributed by atoms with Gasteiger partial charge < -0.3 is 20.8 Å². The molecule has 0 bridgehead atoms. The highest BCUT2D eigenvalue weighted by molar-refractivity contribution is 5.99. The van der Waals surface area contributed by atoms with Crippen LogP contribution >= 0.6 is 0 Å². The zero-order valence-corrected chi connectivity index (χ0v) is 18.1. The van der Waals surface area contributed by atoms with Gasteiger partial charge in [-0.1, -0.05) is 24.3 Å². The molecule has 7 nitrogen and oxygen atoms in total. The van der Waals surface area contributed by atoms with Crippen molar-refractivity contribution in [2.75, 3.05) is 10.6 Å². The molecule has 0 radical (unpaired) electrons. The third-order valence-electron chi connectivity index (χ3n) is 6.91. The number of urea groups is 1. The third-order valence-corrected chi connectivity index (χ3v) is 6.91. The maximum Gasteiger partial charge on any atom is 0.323 e. The van der Waals surface area contributed by atoms with Gasteiger partial charge in [-0.15, -0.1) is 0 Å². The zero-order chi connectivity index (χ0) is 23.6. The summed E-state index contributed by atoms with van der Waals surface area (Å²) < 4.78 is 13.7. The Balaban J connectivity index is 1.35. The number of ketones is 1. The first-order valence-electron chi connectivity index (χ1n) is 11.2. The van der Waals surface area contributed by atoms with Gasteiger partial charge in [0.25, 0.3) is 0 Å². The molecule has 0 aliphatic heterocycles. The summed E-state index contributed by atoms with van der Waals surface area (Å²) in [6, 6.07) is 12.9. The molecule has 2 saturated carbocycles. The molecule has 0 saturated heterocycles. The Morgan fingerprint density at radius 3 is 2.45 bits per heavy atom. The summed E-state index contributed by atoms with van der Waals surface area (Å²) in [4.78, 5) is 36.0. The number of benzene rings is 2. The number of aliphatic carboxylic acids is 1. The van der Waals surface area contributed by atoms with E-state index < -0.39 is 29.8 Å². The number of carboxylic acid groups (broad SMARTS) is 1. The van der Waals surface area contributed by atoms with Crippen molar-refractivity contribution in [3.8, 4) is 0 Å². The maximum absolute atomic E-state index is 13.7. The number of amides is 2. The highest BCUT2D eigenvalue weighted by Gasteiger charge is 2.50. The average Bonchev–Trinajstić information content (AvgIpc) is 2.78. The summed E-state index contributed by atoms with van der Waals surface area (Å²) in [6.45, 7) is 0. The minimum absolute atomic E-state index is 0.0978. The van der Waals surface area contributed by atoms with E-state index in [-0.39, 0.29) is 35.6 Å². The van der Waals surface area contributed by atoms with Crippen molar-refractivity contribution in [2.24, 2.45) is 11.8 Å². The smallest absolute Gasteiger partial charge is 0.323 e. The molecule has 0 heterocycles. The lowest BCUT2D eigenvalue weighted by Gasteiger charge is -2.44. The number of carbonyl (C=O) groups is 3. The van der Waals surface area contributed by atoms with Crippen LogP contribution in [0.25, 0.3) is 0 Å². The number of carbonyl (C=O) groups excluding carboxylic acids is 2. The van der Waals surface area contributed by atoms with Crippen LogP contribution < -0.4 is 10.6 Å². The second-order valence-electron chi connectivity index (χ2n) is 9.06. The Morgan fingerprint density at radius 1 is 1.03 bits per heavy atom. The number of hydrogen-bond donors (Lipinski definition) is 4. The van der Waals surface area contributed by atoms with Gasteiger partial charge in [-0.3, -0.25) is 9.59 Å². The van der Waals surface area contributed by atoms with Crippen LogP contribution in [0.15, 0.2) is 48.5 Å². The van der Waals surface area contributed by atoms with Crippen molar-refractivity contribution in [1.82, 2.24) is 0 Å². The Bertz CT molecular complexity index is 1060. The summed E-state index contributed by atoms with van der Waals surface area (Å²) in [5, 5.41) is 24.8. The number of halogens is 1. The summed E-state index contributed by atoms with van der Waals surface area (Å²) in [6.07, 6.45) is 2.49. The van der Waals surface area contributed by atoms with E-state index in [1.165, 1.54) is 12.1 Å². The summed E-state index contributed by atoms with van der Waals surface area (Å²) >= 11 is 0. The van der Waals surface area contributed by atoms with Gasteiger partial charge in [0.15, 0.2) is 5.78 Å². The Hall–Kier alpha value is -3.26. The first-order valence-corrected chi connectivity index (χ1v) is 11.2. The van der Waals surface area contributed by atoms with E-state index in [1.54, 1.807) is 24.3 Å². The topological polar surface area (TPSA) is 116 Å². The molecule has 2 aliphatic rings. The van der Waals surface area contributed by atoms with Crippen LogP contribution in [-0.2, 0) is 9.59 Å². The highest BCUT2D eigenvalue weighted by atomic mass is 19.1. The van der Waals surface area contributed by atoms with Gasteiger partial charge in [0, 0.05) is 11.6 Å². The highest BCUT2D eigenvalue weighted by Crippen LogP contribution is 2.47. The normalized spacial score (nSPS) is 26.8. The first-order chi connectivity index (χ1) is 15.7. The molecule has 4 atom stereocenters. The standard InChI is InChI=1S/C25H27FN2O5/c26-20-3-1-2-4-21(20)28-24(32)27-18-8-5-15(6-9-18)16-7-10-19-17(13-16)11-12-25(33,23(19)31)14-22(29)30/h1-6,8-9,16-17,19,33H,7,10-14H2,(H,29,30)(H2,27,28,32). The molecule has 33 heavy (non-hydrogen) atoms. The molecule has 2 aromatic rings. The quantitative estimate of drug-likeness (QED) is 0.529. The van der Waals surface area contributed by atoms with E-state index in [9.17, 15) is 23.9 Å². The molecule has 0 aromatic heterocycles. The fourth-order valence-corrected chi connectivity index (χ4v) is 5.23. The lowest BCUT2D eigenvalue weighted by atomic mass is 9.61. The van der Waals surface area contributed by atoms with Crippen LogP contribution in [0, 0.1) is 17.7 Å². The average molecular weight is 454 g/mol. The lowest BCUT2D eigenvalue weighted by molar-refractivity contribution is -0.160. The SMILES string of the molecule is O=C(O)CC1(O)CCC2CC(c3ccc(NC(=O)Nc4ccccc4F)cc3)CCC2C1=O. The minimum atomic E-state index is -1.74. The monoisotopic (exact) mass is 454 g/mol. The fourth-order valence-electron chi connectivity index (χ4n) is 5.23. The molecule has 2 aliphatic carbocycles. The fraction of sp³-hybridized carbons (Fsp3) is 0.400. The molecule has 8 heteroatoms. The number of aliphatic hydroxyl groups is 1. The minimum Gasteiger partial charge on any atom is -0.481 e. The van der Waals surface area contributed by atoms with Crippen molar-refractivity contribution in [3.63, 3.8) is 0 Å². The van der Waals surface area contributed by atoms with Crippen LogP contribution in [0.5, 0.6) is 0 Å². The number of fused-ring (bicyclic) bond motifs is 1. The van der Waals surface area contributed by atoms with Crippen molar-refractivity contribution < 1.29 is 29.0 Å². The lowest BCUT2D eigenvalue weighted by Crippen LogP contribution is -2.51. The van der Waals surface area contributed by atoms with Crippen LogP contribution in [0.3, 0.4) is 0 Å². The van der Waals surface area contributed by atoms with Crippen LogP contribution in [-0.4, -0.2) is 33.6 Å². The molecule has 174 valence electrons. The number of nitrogens with one attached hydrogen (secondary N) is 2. The molecule has 2 aromatic carbocycles. The van der Waals surface area contributed by atoms with Gasteiger partial charge in [0.2, 0.25) is 0 Å². The van der Waals surface area contributed by atoms with Gasteiger partial charge in [0.1, 0.15) is 11.4 Å². The van der Waals surface area contributed by atoms with Gasteiger partial charge in [-0.05, 0) is 73.8 Å². The van der Waals surface area contributed by atoms with Crippen molar-refractivity contribution in [3.05, 3.63) is 59.9 Å². The number of anilines is 2. The van der Waals surface area contributed by atoms with E-state index in [4.69, 9.17) is 5.11 Å². The van der Waals surface area contributed by atoms with Crippen molar-refractivity contribution in [1.29, 1.82) is 0 Å². The van der Waals surface area contributed by atoms with Crippen molar-refractivity contribution >= 4 is 29.2 Å². The van der Waals surface area contributed by atoms with Gasteiger partial charge in [-0.25, -0.2) is 9.18 Å². The van der Waals surface area contributed by atoms with Gasteiger partial charge in [0.05, 0.1) is 12.1 Å². The Kier molecular flexibility index (Phi) is 6.47. The largest absolute Gasteiger partial charge is 0.481 e. The molecule has 0 spiro atoms. The number of Topliss-reactive ketones (excluding diaryl/α,β-unsaturated/α-hetero) is 1. The van der Waals surface area contributed by atoms with Crippen LogP contribution in [0.4, 0.5) is 20.6 Å². The molecule has 4 rings (SSSR count). The van der Waals surface area contributed by atoms with Crippen LogP contribution in [0.1, 0.15) is 50.0 Å². The van der Waals surface area contributed by atoms with E-state index in [2.05, 4.69) is 10.6 Å². The predicted molar refractivity (Wildman–Crippen MR) is 120 cm³/mol. The molecule has 2 amide bonds. The molecule has 2 fully saturated rings. The number of hydrogen-bond acceptors (Lipinski definition) is 4. The number of carboxylic acids is 1. The van der Waals surface area contributed by atoms with Gasteiger partial charge in [-0.2, -0.15) is 0 Å². The van der Waals surface area contributed by atoms with E-state index in [0.717, 1.165) is 18.4 Å². The van der Waals surface area contributed by atoms with E-state index in [1.807, 2.05) is 12.1 Å². The summed E-state index contributed by atoms with van der Waals surface area (Å²) in [7, 11) is 0. The van der Waals surface area contributed by atoms with Gasteiger partial charge >= 0.3 is 12.0 Å². The third kappa shape index (κ3) is 5.06. The van der Waals surface area contributed by atoms with E-state index >= 15 is 0 Å². The molecular weight excluding hydrogens is 427 g/mol. The summed E-state index contributed by atoms with van der Waals surface area (Å²) in [5.74, 6) is -1.89. The Morgan fingerprint density at radius 2 is 1.76 bits per heavy atom. The van der Waals surface area contributed by atoms with E-state index in [0.29, 0.717) is 18.5 Å². The molecule has 4 unspecified atom stereocenters. The van der Waals surface area contributed by atoms with Crippen LogP contribution in [0.2, 0.25) is 0 Å². The second kappa shape index (κ2) is 9.31. The maximum atomic E-state index is 13.7. The molecule has 4 N–H and O–H groups in total. The first kappa shape index (κ1) is 22.9. The second-order valence-corrected chi connectivity index (χ2v) is 9.06. The summed E-state index contributed by atoms with van der Waals surface area (Å²) in [5.41, 5.74) is 0.0389. The molecular formula is C25H27FN2O5.